The second-order valence-electron chi connectivity index (χ2n) is 6.96. The third-order valence-corrected chi connectivity index (χ3v) is 4.80. The van der Waals surface area contributed by atoms with E-state index in [9.17, 15) is 4.79 Å². The highest BCUT2D eigenvalue weighted by Gasteiger charge is 2.23. The SMILES string of the molecule is O=C(/C=C/c1ccco1)N1CCCC(Cc2cc(Nc3cnccn3)ncn2)C1. The van der Waals surface area contributed by atoms with E-state index in [4.69, 9.17) is 4.42 Å². The minimum Gasteiger partial charge on any atom is -0.465 e. The first-order valence-corrected chi connectivity index (χ1v) is 9.61. The molecule has 1 saturated heterocycles. The van der Waals surface area contributed by atoms with Crippen molar-refractivity contribution in [2.24, 2.45) is 5.92 Å². The maximum atomic E-state index is 12.5. The maximum Gasteiger partial charge on any atom is 0.246 e. The van der Waals surface area contributed by atoms with E-state index in [0.717, 1.165) is 38.0 Å². The second kappa shape index (κ2) is 9.09. The minimum absolute atomic E-state index is 0.0128. The number of likely N-dealkylation sites (tertiary alicyclic amines) is 1. The van der Waals surface area contributed by atoms with Gasteiger partial charge in [0.25, 0.3) is 0 Å². The van der Waals surface area contributed by atoms with E-state index in [1.807, 2.05) is 17.0 Å². The Balaban J connectivity index is 1.35. The summed E-state index contributed by atoms with van der Waals surface area (Å²) in [5.74, 6) is 2.37. The highest BCUT2D eigenvalue weighted by molar-refractivity contribution is 5.91. The van der Waals surface area contributed by atoms with E-state index in [-0.39, 0.29) is 5.91 Å². The fourth-order valence-electron chi connectivity index (χ4n) is 3.44. The molecule has 3 aromatic rings. The summed E-state index contributed by atoms with van der Waals surface area (Å²) in [4.78, 5) is 31.3. The van der Waals surface area contributed by atoms with Crippen molar-refractivity contribution in [1.82, 2.24) is 24.8 Å². The van der Waals surface area contributed by atoms with Gasteiger partial charge in [-0.1, -0.05) is 0 Å². The van der Waals surface area contributed by atoms with Crippen LogP contribution in [0.1, 0.15) is 24.3 Å². The maximum absolute atomic E-state index is 12.5. The van der Waals surface area contributed by atoms with Gasteiger partial charge in [0, 0.05) is 43.3 Å². The van der Waals surface area contributed by atoms with Gasteiger partial charge in [0.15, 0.2) is 0 Å². The molecule has 4 heterocycles. The van der Waals surface area contributed by atoms with Crippen LogP contribution in [0.2, 0.25) is 0 Å². The normalized spacial score (nSPS) is 16.8. The Kier molecular flexibility index (Phi) is 5.89. The number of amides is 1. The first-order valence-electron chi connectivity index (χ1n) is 9.61. The van der Waals surface area contributed by atoms with Crippen molar-refractivity contribution in [2.45, 2.75) is 19.3 Å². The lowest BCUT2D eigenvalue weighted by Gasteiger charge is -2.32. The topological polar surface area (TPSA) is 97.0 Å². The highest BCUT2D eigenvalue weighted by Crippen LogP contribution is 2.22. The molecule has 1 N–H and O–H groups in total. The molecule has 0 radical (unpaired) electrons. The van der Waals surface area contributed by atoms with Crippen LogP contribution in [-0.4, -0.2) is 43.8 Å². The first kappa shape index (κ1) is 18.8. The molecule has 0 saturated carbocycles. The van der Waals surface area contributed by atoms with Crippen LogP contribution >= 0.6 is 0 Å². The van der Waals surface area contributed by atoms with E-state index < -0.39 is 0 Å². The molecule has 0 aliphatic carbocycles. The number of carbonyl (C=O) groups excluding carboxylic acids is 1. The molecule has 0 bridgehead atoms. The summed E-state index contributed by atoms with van der Waals surface area (Å²) >= 11 is 0. The largest absolute Gasteiger partial charge is 0.465 e. The Hall–Kier alpha value is -3.55. The van der Waals surface area contributed by atoms with Crippen molar-refractivity contribution in [2.75, 3.05) is 18.4 Å². The van der Waals surface area contributed by atoms with E-state index in [2.05, 4.69) is 25.3 Å². The lowest BCUT2D eigenvalue weighted by atomic mass is 9.93. The van der Waals surface area contributed by atoms with Gasteiger partial charge in [0.2, 0.25) is 5.91 Å². The molecule has 1 fully saturated rings. The van der Waals surface area contributed by atoms with Gasteiger partial charge in [-0.05, 0) is 43.4 Å². The Morgan fingerprint density at radius 3 is 3.07 bits per heavy atom. The standard InChI is InChI=1S/C21H22N6O2/c28-21(6-5-18-4-2-10-29-18)27-9-1-3-16(14-27)11-17-12-19(25-15-24-17)26-20-13-22-7-8-23-20/h2,4-8,10,12-13,15-16H,1,3,9,11,14H2,(H,23,24,25,26)/b6-5+. The van der Waals surface area contributed by atoms with Crippen LogP contribution in [0.4, 0.5) is 11.6 Å². The molecule has 8 nitrogen and oxygen atoms in total. The fraction of sp³-hybridized carbons (Fsp3) is 0.286. The molecule has 1 aliphatic heterocycles. The molecule has 1 amide bonds. The molecular formula is C21H22N6O2. The van der Waals surface area contributed by atoms with Crippen LogP contribution in [0.15, 0.2) is 59.9 Å². The van der Waals surface area contributed by atoms with Gasteiger partial charge in [-0.2, -0.15) is 0 Å². The number of carbonyl (C=O) groups is 1. The van der Waals surface area contributed by atoms with Gasteiger partial charge in [-0.3, -0.25) is 9.78 Å². The number of aromatic nitrogens is 4. The van der Waals surface area contributed by atoms with E-state index >= 15 is 0 Å². The number of nitrogens with zero attached hydrogens (tertiary/aromatic N) is 5. The number of hydrogen-bond acceptors (Lipinski definition) is 7. The number of nitrogens with one attached hydrogen (secondary N) is 1. The predicted octanol–water partition coefficient (Wildman–Crippen LogP) is 3.10. The van der Waals surface area contributed by atoms with Gasteiger partial charge >= 0.3 is 0 Å². The monoisotopic (exact) mass is 390 g/mol. The van der Waals surface area contributed by atoms with Crippen LogP contribution in [0.25, 0.3) is 6.08 Å². The first-order chi connectivity index (χ1) is 14.3. The third-order valence-electron chi connectivity index (χ3n) is 4.80. The van der Waals surface area contributed by atoms with Gasteiger partial charge in [-0.15, -0.1) is 0 Å². The van der Waals surface area contributed by atoms with Gasteiger partial charge in [0.1, 0.15) is 23.7 Å². The smallest absolute Gasteiger partial charge is 0.246 e. The fourth-order valence-corrected chi connectivity index (χ4v) is 3.44. The van der Waals surface area contributed by atoms with E-state index in [1.165, 1.54) is 0 Å². The lowest BCUT2D eigenvalue weighted by Crippen LogP contribution is -2.39. The number of piperidine rings is 1. The quantitative estimate of drug-likeness (QED) is 0.646. The highest BCUT2D eigenvalue weighted by atomic mass is 16.3. The van der Waals surface area contributed by atoms with Gasteiger partial charge in [-0.25, -0.2) is 15.0 Å². The summed E-state index contributed by atoms with van der Waals surface area (Å²) in [6.07, 6.45) is 14.2. The summed E-state index contributed by atoms with van der Waals surface area (Å²) in [5.41, 5.74) is 0.941. The molecule has 1 atom stereocenters. The van der Waals surface area contributed by atoms with Crippen LogP contribution < -0.4 is 5.32 Å². The van der Waals surface area contributed by atoms with Crippen molar-refractivity contribution in [3.63, 3.8) is 0 Å². The minimum atomic E-state index is 0.0128. The molecule has 3 aromatic heterocycles. The average Bonchev–Trinajstić information content (AvgIpc) is 3.27. The Labute approximate surface area is 168 Å². The zero-order valence-corrected chi connectivity index (χ0v) is 15.9. The molecule has 148 valence electrons. The summed E-state index contributed by atoms with van der Waals surface area (Å²) in [6, 6.07) is 5.55. The number of rotatable bonds is 6. The number of furan rings is 1. The van der Waals surface area contributed by atoms with Crippen molar-refractivity contribution < 1.29 is 9.21 Å². The van der Waals surface area contributed by atoms with Crippen molar-refractivity contribution in [1.29, 1.82) is 0 Å². The summed E-state index contributed by atoms with van der Waals surface area (Å²) in [6.45, 7) is 1.50. The molecular weight excluding hydrogens is 368 g/mol. The van der Waals surface area contributed by atoms with Gasteiger partial charge in [0.05, 0.1) is 12.5 Å². The van der Waals surface area contributed by atoms with Crippen LogP contribution in [-0.2, 0) is 11.2 Å². The summed E-state index contributed by atoms with van der Waals surface area (Å²) in [7, 11) is 0. The molecule has 1 aliphatic rings. The Bertz CT molecular complexity index is 958. The molecule has 1 unspecified atom stereocenters. The summed E-state index contributed by atoms with van der Waals surface area (Å²) < 4.78 is 5.24. The molecule has 0 spiro atoms. The van der Waals surface area contributed by atoms with Crippen molar-refractivity contribution in [3.05, 3.63) is 66.9 Å². The third kappa shape index (κ3) is 5.25. The zero-order chi connectivity index (χ0) is 19.9. The Morgan fingerprint density at radius 2 is 2.24 bits per heavy atom. The van der Waals surface area contributed by atoms with E-state index in [0.29, 0.717) is 23.3 Å². The van der Waals surface area contributed by atoms with Crippen LogP contribution in [0.3, 0.4) is 0 Å². The zero-order valence-electron chi connectivity index (χ0n) is 15.9. The number of anilines is 2. The lowest BCUT2D eigenvalue weighted by molar-refractivity contribution is -0.127. The molecule has 29 heavy (non-hydrogen) atoms. The van der Waals surface area contributed by atoms with Gasteiger partial charge < -0.3 is 14.6 Å². The molecule has 0 aromatic carbocycles. The second-order valence-corrected chi connectivity index (χ2v) is 6.96. The van der Waals surface area contributed by atoms with Crippen LogP contribution in [0.5, 0.6) is 0 Å². The van der Waals surface area contributed by atoms with Crippen molar-refractivity contribution in [3.8, 4) is 0 Å². The Morgan fingerprint density at radius 1 is 1.28 bits per heavy atom. The van der Waals surface area contributed by atoms with Crippen LogP contribution in [0, 0.1) is 5.92 Å². The molecule has 8 heteroatoms. The summed E-state index contributed by atoms with van der Waals surface area (Å²) in [5, 5.41) is 3.13. The molecule has 4 rings (SSSR count). The van der Waals surface area contributed by atoms with Crippen molar-refractivity contribution >= 4 is 23.6 Å². The van der Waals surface area contributed by atoms with E-state index in [1.54, 1.807) is 49.4 Å². The number of hydrogen-bond donors (Lipinski definition) is 1. The predicted molar refractivity (Wildman–Crippen MR) is 108 cm³/mol. The average molecular weight is 390 g/mol.